The number of hydrogen-bond acceptors (Lipinski definition) is 8. The highest BCUT2D eigenvalue weighted by atomic mass is 19.1. The minimum atomic E-state index is -0.553. The Bertz CT molecular complexity index is 1780. The summed E-state index contributed by atoms with van der Waals surface area (Å²) in [6, 6.07) is 12.2. The highest BCUT2D eigenvalue weighted by molar-refractivity contribution is 6.00. The predicted molar refractivity (Wildman–Crippen MR) is 171 cm³/mol. The highest BCUT2D eigenvalue weighted by Gasteiger charge is 2.45. The molecule has 0 radical (unpaired) electrons. The van der Waals surface area contributed by atoms with Crippen LogP contribution < -0.4 is 15.0 Å². The zero-order chi connectivity index (χ0) is 30.6. The molecule has 45 heavy (non-hydrogen) atoms. The molecule has 5 aliphatic heterocycles. The number of fused-ring (bicyclic) bond motifs is 7. The van der Waals surface area contributed by atoms with Crippen molar-refractivity contribution in [3.63, 3.8) is 0 Å². The normalized spacial score (nSPS) is 23.2. The van der Waals surface area contributed by atoms with Crippen molar-refractivity contribution in [2.45, 2.75) is 69.4 Å². The molecule has 1 N–H and O–H groups in total. The number of rotatable bonds is 3. The van der Waals surface area contributed by atoms with E-state index in [9.17, 15) is 4.79 Å². The van der Waals surface area contributed by atoms with Gasteiger partial charge in [-0.1, -0.05) is 36.4 Å². The third-order valence-electron chi connectivity index (χ3n) is 10.4. The Morgan fingerprint density at radius 2 is 1.82 bits per heavy atom. The molecule has 0 saturated carbocycles. The monoisotopic (exact) mass is 610 g/mol. The minimum absolute atomic E-state index is 0.0000316. The highest BCUT2D eigenvalue weighted by Crippen LogP contribution is 2.40. The zero-order valence-electron chi connectivity index (χ0n) is 25.8. The molecule has 4 aromatic rings. The number of anilines is 1. The van der Waals surface area contributed by atoms with E-state index in [2.05, 4.69) is 21.2 Å². The lowest BCUT2D eigenvalue weighted by Gasteiger charge is -2.41. The number of ether oxygens (including phenoxy) is 2. The molecule has 7 heterocycles. The Morgan fingerprint density at radius 1 is 1.02 bits per heavy atom. The van der Waals surface area contributed by atoms with Crippen LogP contribution in [0.25, 0.3) is 32.9 Å². The minimum Gasteiger partial charge on any atom is -0.461 e. The number of nitrogens with zero attached hydrogens (tertiary/aromatic N) is 5. The van der Waals surface area contributed by atoms with Gasteiger partial charge in [-0.15, -0.1) is 0 Å². The van der Waals surface area contributed by atoms with Gasteiger partial charge in [-0.25, -0.2) is 9.18 Å². The first kappa shape index (κ1) is 28.4. The lowest BCUT2D eigenvalue weighted by molar-refractivity contribution is 0.107. The molecular formula is C35H39FN6O3. The van der Waals surface area contributed by atoms with Gasteiger partial charge < -0.3 is 19.7 Å². The van der Waals surface area contributed by atoms with E-state index < -0.39 is 17.4 Å². The van der Waals surface area contributed by atoms with Crippen molar-refractivity contribution in [1.29, 1.82) is 0 Å². The van der Waals surface area contributed by atoms with Crippen LogP contribution in [0.5, 0.6) is 6.01 Å². The van der Waals surface area contributed by atoms with Gasteiger partial charge in [0, 0.05) is 24.8 Å². The Hall–Kier alpha value is -4.05. The second-order valence-corrected chi connectivity index (χ2v) is 13.5. The van der Waals surface area contributed by atoms with Crippen LogP contribution in [-0.4, -0.2) is 76.4 Å². The quantitative estimate of drug-likeness (QED) is 0.301. The Kier molecular flexibility index (Phi) is 7.00. The Labute approximate surface area is 262 Å². The van der Waals surface area contributed by atoms with Crippen molar-refractivity contribution in [2.75, 3.05) is 44.3 Å². The van der Waals surface area contributed by atoms with Crippen LogP contribution in [0.15, 0.2) is 42.6 Å². The van der Waals surface area contributed by atoms with E-state index in [4.69, 9.17) is 24.4 Å². The third kappa shape index (κ3) is 5.03. The summed E-state index contributed by atoms with van der Waals surface area (Å²) in [5.74, 6) is 0.0923. The molecule has 0 spiro atoms. The fourth-order valence-corrected chi connectivity index (χ4v) is 8.23. The summed E-state index contributed by atoms with van der Waals surface area (Å²) in [6.07, 6.45) is 8.70. The number of carbonyl (C=O) groups is 1. The van der Waals surface area contributed by atoms with Crippen LogP contribution in [0.2, 0.25) is 0 Å². The number of halogens is 1. The molecule has 3 fully saturated rings. The molecule has 3 saturated heterocycles. The van der Waals surface area contributed by atoms with Gasteiger partial charge in [0.05, 0.1) is 23.1 Å². The first-order valence-corrected chi connectivity index (χ1v) is 16.4. The number of aryl methyl sites for hydroxylation is 1. The summed E-state index contributed by atoms with van der Waals surface area (Å²) in [4.78, 5) is 32.0. The molecule has 234 valence electrons. The number of benzene rings is 2. The Balaban J connectivity index is 1.29. The maximum Gasteiger partial charge on any atom is 0.407 e. The summed E-state index contributed by atoms with van der Waals surface area (Å²) in [7, 11) is 0. The largest absolute Gasteiger partial charge is 0.461 e. The number of carbonyl (C=O) groups excluding carboxylic acids is 1. The van der Waals surface area contributed by atoms with E-state index in [1.54, 1.807) is 6.20 Å². The SMILES string of the molecule is CC12CCCN(C1)c1nc(OCC34CCCN3CCC4)nc3c(F)c(ncc13)-c1cccc3cccc(c13)CCCOC(=O)N2. The average Bonchev–Trinajstić information content (AvgIpc) is 3.62. The van der Waals surface area contributed by atoms with Crippen molar-refractivity contribution in [3.05, 3.63) is 54.0 Å². The molecule has 1 amide bonds. The number of alkyl carbamates (subject to hydrolysis) is 1. The number of amides is 1. The van der Waals surface area contributed by atoms with Gasteiger partial charge in [-0.05, 0) is 87.7 Å². The van der Waals surface area contributed by atoms with Crippen LogP contribution in [0.4, 0.5) is 15.0 Å². The van der Waals surface area contributed by atoms with Gasteiger partial charge >= 0.3 is 12.1 Å². The van der Waals surface area contributed by atoms with Crippen LogP contribution in [0.1, 0.15) is 57.4 Å². The van der Waals surface area contributed by atoms with Gasteiger partial charge in [-0.2, -0.15) is 9.97 Å². The molecule has 5 aliphatic rings. The first-order valence-electron chi connectivity index (χ1n) is 16.4. The molecule has 1 atom stereocenters. The molecule has 2 aromatic carbocycles. The van der Waals surface area contributed by atoms with E-state index in [-0.39, 0.29) is 29.4 Å². The van der Waals surface area contributed by atoms with Crippen molar-refractivity contribution in [3.8, 4) is 17.3 Å². The molecule has 1 unspecified atom stereocenters. The molecule has 6 bridgehead atoms. The maximum atomic E-state index is 16.9. The van der Waals surface area contributed by atoms with Crippen LogP contribution in [0.3, 0.4) is 0 Å². The number of pyridine rings is 1. The topological polar surface area (TPSA) is 92.7 Å². The predicted octanol–water partition coefficient (Wildman–Crippen LogP) is 6.02. The lowest BCUT2D eigenvalue weighted by atomic mass is 9.91. The van der Waals surface area contributed by atoms with Gasteiger partial charge in [-0.3, -0.25) is 9.88 Å². The van der Waals surface area contributed by atoms with Crippen molar-refractivity contribution in [1.82, 2.24) is 25.2 Å². The number of piperidine rings is 1. The summed E-state index contributed by atoms with van der Waals surface area (Å²) >= 11 is 0. The number of aromatic nitrogens is 3. The lowest BCUT2D eigenvalue weighted by Crippen LogP contribution is -2.57. The smallest absolute Gasteiger partial charge is 0.407 e. The average molecular weight is 611 g/mol. The van der Waals surface area contributed by atoms with E-state index in [1.165, 1.54) is 0 Å². The van der Waals surface area contributed by atoms with E-state index in [0.29, 0.717) is 49.3 Å². The van der Waals surface area contributed by atoms with Crippen molar-refractivity contribution < 1.29 is 18.7 Å². The molecule has 0 aliphatic carbocycles. The van der Waals surface area contributed by atoms with Crippen molar-refractivity contribution in [2.24, 2.45) is 0 Å². The Morgan fingerprint density at radius 3 is 2.67 bits per heavy atom. The van der Waals surface area contributed by atoms with E-state index >= 15 is 4.39 Å². The third-order valence-corrected chi connectivity index (χ3v) is 10.4. The zero-order valence-corrected chi connectivity index (χ0v) is 25.8. The second-order valence-electron chi connectivity index (χ2n) is 13.5. The summed E-state index contributed by atoms with van der Waals surface area (Å²) in [6.45, 7) is 6.16. The molecule has 9 rings (SSSR count). The summed E-state index contributed by atoms with van der Waals surface area (Å²) in [5.41, 5.74) is 1.67. The van der Waals surface area contributed by atoms with Crippen LogP contribution in [0, 0.1) is 5.82 Å². The molecule has 2 aromatic heterocycles. The molecule has 9 nitrogen and oxygen atoms in total. The van der Waals surface area contributed by atoms with Crippen LogP contribution in [-0.2, 0) is 11.2 Å². The maximum absolute atomic E-state index is 16.9. The molecular weight excluding hydrogens is 571 g/mol. The van der Waals surface area contributed by atoms with Gasteiger partial charge in [0.2, 0.25) is 0 Å². The van der Waals surface area contributed by atoms with Crippen LogP contribution >= 0.6 is 0 Å². The number of hydrogen-bond donors (Lipinski definition) is 1. The fourth-order valence-electron chi connectivity index (χ4n) is 8.23. The van der Waals surface area contributed by atoms with E-state index in [1.807, 2.05) is 37.3 Å². The first-order chi connectivity index (χ1) is 21.9. The van der Waals surface area contributed by atoms with E-state index in [0.717, 1.165) is 68.0 Å². The second kappa shape index (κ2) is 11.1. The standard InChI is InChI=1S/C35H39FN6O3/c1-34-13-5-16-41(21-34)31-26-20-37-29(25-12-3-10-23-8-2-9-24(27(23)25)11-4-19-44-33(43)40-34)28(36)30(26)38-32(39-31)45-22-35-14-6-17-42(35)18-7-15-35/h2-3,8-10,12,20H,4-7,11,13-19,21-22H2,1H3,(H,40,43). The molecule has 10 heteroatoms. The van der Waals surface area contributed by atoms with Gasteiger partial charge in [0.15, 0.2) is 5.82 Å². The summed E-state index contributed by atoms with van der Waals surface area (Å²) in [5, 5.41) is 5.59. The summed E-state index contributed by atoms with van der Waals surface area (Å²) < 4.78 is 29.0. The van der Waals surface area contributed by atoms with Gasteiger partial charge in [0.1, 0.15) is 23.6 Å². The van der Waals surface area contributed by atoms with Crippen molar-refractivity contribution >= 4 is 33.6 Å². The number of nitrogens with one attached hydrogen (secondary N) is 1. The fraction of sp³-hybridized carbons (Fsp3) is 0.486. The van der Waals surface area contributed by atoms with Gasteiger partial charge in [0.25, 0.3) is 0 Å².